The lowest BCUT2D eigenvalue weighted by Gasteiger charge is -2.35. The molecule has 2 aromatic carbocycles. The number of furan rings is 1. The summed E-state index contributed by atoms with van der Waals surface area (Å²) in [5.41, 5.74) is -2.86. The molecule has 0 saturated carbocycles. The fourth-order valence-corrected chi connectivity index (χ4v) is 16.5. The van der Waals surface area contributed by atoms with Crippen LogP contribution in [0.5, 0.6) is 11.5 Å². The van der Waals surface area contributed by atoms with E-state index in [2.05, 4.69) is 88.3 Å². The van der Waals surface area contributed by atoms with Crippen molar-refractivity contribution in [2.45, 2.75) is 165 Å². The molecule has 0 spiro atoms. The number of hydrogen-bond donors (Lipinski definition) is 0. The van der Waals surface area contributed by atoms with Crippen LogP contribution in [0.4, 0.5) is 26.3 Å². The molecular weight excluding hydrogens is 931 g/mol. The van der Waals surface area contributed by atoms with Crippen LogP contribution < -0.4 is 9.47 Å². The third-order valence-electron chi connectivity index (χ3n) is 15.9. The summed E-state index contributed by atoms with van der Waals surface area (Å²) in [4.78, 5) is 4.50. The Hall–Kier alpha value is -4.00. The Morgan fingerprint density at radius 3 is 1.65 bits per heavy atom. The molecule has 0 aliphatic heterocycles. The van der Waals surface area contributed by atoms with E-state index < -0.39 is 39.9 Å². The molecule has 0 N–H and O–H groups in total. The molecule has 0 saturated heterocycles. The van der Waals surface area contributed by atoms with Gasteiger partial charge in [-0.3, -0.25) is 0 Å². The minimum Gasteiger partial charge on any atom is -0.493 e. The molecule has 10 rings (SSSR count). The molecule has 4 aliphatic rings. The van der Waals surface area contributed by atoms with E-state index >= 15 is 26.3 Å². The number of allylic oxidation sites excluding steroid dienone is 2. The normalized spacial score (nSPS) is 23.7. The zero-order valence-corrected chi connectivity index (χ0v) is 43.6. The second kappa shape index (κ2) is 14.8. The summed E-state index contributed by atoms with van der Waals surface area (Å²) in [7, 11) is 2.79. The summed E-state index contributed by atoms with van der Waals surface area (Å²) in [6.07, 6.45) is 5.69. The van der Waals surface area contributed by atoms with Crippen LogP contribution >= 0.6 is 34.0 Å². The third-order valence-corrected chi connectivity index (χ3v) is 20.5. The number of ether oxygens (including phenoxy) is 2. The van der Waals surface area contributed by atoms with Crippen molar-refractivity contribution < 1.29 is 40.2 Å². The first-order valence-electron chi connectivity index (χ1n) is 23.6. The van der Waals surface area contributed by atoms with Gasteiger partial charge in [0, 0.05) is 63.0 Å². The topological polar surface area (TPSA) is 31.6 Å². The van der Waals surface area contributed by atoms with Crippen molar-refractivity contribution in [1.82, 2.24) is 0 Å². The van der Waals surface area contributed by atoms with E-state index in [1.807, 2.05) is 24.3 Å². The molecule has 4 aliphatic carbocycles. The van der Waals surface area contributed by atoms with Crippen LogP contribution in [0.3, 0.4) is 0 Å². The van der Waals surface area contributed by atoms with E-state index in [4.69, 9.17) is 13.9 Å². The number of benzene rings is 2. The first-order valence-corrected chi connectivity index (χ1v) is 26.1. The van der Waals surface area contributed by atoms with Crippen LogP contribution in [0.1, 0.15) is 173 Å². The second-order valence-corrected chi connectivity index (χ2v) is 26.5. The van der Waals surface area contributed by atoms with Crippen molar-refractivity contribution in [3.8, 4) is 21.3 Å². The van der Waals surface area contributed by atoms with E-state index in [-0.39, 0.29) is 65.7 Å². The minimum atomic E-state index is -5.79. The Labute approximate surface area is 408 Å². The molecular formula is C56H60F6O3S3. The van der Waals surface area contributed by atoms with Crippen molar-refractivity contribution in [1.29, 1.82) is 0 Å². The Morgan fingerprint density at radius 1 is 0.574 bits per heavy atom. The third kappa shape index (κ3) is 6.39. The maximum absolute atomic E-state index is 17.4. The van der Waals surface area contributed by atoms with Gasteiger partial charge in [0.2, 0.25) is 0 Å². The van der Waals surface area contributed by atoms with Crippen LogP contribution in [0.15, 0.2) is 59.0 Å². The average Bonchev–Trinajstić information content (AvgIpc) is 4.06. The van der Waals surface area contributed by atoms with Gasteiger partial charge in [0.25, 0.3) is 0 Å². The Bertz CT molecular complexity index is 3000. The molecule has 4 heterocycles. The van der Waals surface area contributed by atoms with Gasteiger partial charge in [0.05, 0.1) is 14.2 Å². The van der Waals surface area contributed by atoms with Crippen LogP contribution in [0, 0.1) is 0 Å². The standard InChI is InChI=1S/C56H60F6O3S3/c1-48(2,3)29-16-18-30(19-17-29)53(40-27-34-47(68-40)52(10,11)23-15-21-50(34,6)7)44-41(31-24-36(63-12)37(64-13)28-35(31)65-44)43-42(54(57,58)56(61,62)55(43,59)60)32-25-38(66-45(32)53)39-26-33-46(67-39)51(8,9)22-14-20-49(33,4)5/h16-19,24-28H,14-15,20-23H2,1-13H3. The van der Waals surface area contributed by atoms with Crippen molar-refractivity contribution >= 4 is 56.1 Å². The molecule has 0 bridgehead atoms. The van der Waals surface area contributed by atoms with Crippen LogP contribution in [-0.4, -0.2) is 32.0 Å². The molecule has 68 heavy (non-hydrogen) atoms. The fourth-order valence-electron chi connectivity index (χ4n) is 11.8. The summed E-state index contributed by atoms with van der Waals surface area (Å²) >= 11 is 4.34. The summed E-state index contributed by atoms with van der Waals surface area (Å²) < 4.78 is 121. The number of thiophene rings is 3. The summed E-state index contributed by atoms with van der Waals surface area (Å²) in [5, 5.41) is -0.0605. The van der Waals surface area contributed by atoms with Gasteiger partial charge in [0.1, 0.15) is 16.8 Å². The zero-order chi connectivity index (χ0) is 49.3. The molecule has 4 aromatic heterocycles. The van der Waals surface area contributed by atoms with Crippen LogP contribution in [-0.2, 0) is 32.5 Å². The van der Waals surface area contributed by atoms with Crippen molar-refractivity contribution in [2.75, 3.05) is 14.2 Å². The lowest BCUT2D eigenvalue weighted by atomic mass is 9.71. The number of fused-ring (bicyclic) bond motifs is 8. The molecule has 1 unspecified atom stereocenters. The van der Waals surface area contributed by atoms with Crippen LogP contribution in [0.2, 0.25) is 0 Å². The lowest BCUT2D eigenvalue weighted by molar-refractivity contribution is -0.254. The van der Waals surface area contributed by atoms with E-state index in [1.165, 1.54) is 48.6 Å². The van der Waals surface area contributed by atoms with Gasteiger partial charge in [0.15, 0.2) is 11.5 Å². The van der Waals surface area contributed by atoms with Crippen molar-refractivity contribution in [3.63, 3.8) is 0 Å². The minimum absolute atomic E-state index is 0.00925. The highest BCUT2D eigenvalue weighted by atomic mass is 32.1. The van der Waals surface area contributed by atoms with Gasteiger partial charge >= 0.3 is 17.8 Å². The molecule has 0 fully saturated rings. The molecule has 0 amide bonds. The Balaban J connectivity index is 1.44. The second-order valence-electron chi connectivity index (χ2n) is 23.4. The van der Waals surface area contributed by atoms with Gasteiger partial charge < -0.3 is 13.9 Å². The lowest BCUT2D eigenvalue weighted by Crippen LogP contribution is -2.49. The smallest absolute Gasteiger partial charge is 0.380 e. The summed E-state index contributed by atoms with van der Waals surface area (Å²) in [6, 6.07) is 16.5. The van der Waals surface area contributed by atoms with Gasteiger partial charge in [-0.05, 0) is 99.3 Å². The van der Waals surface area contributed by atoms with E-state index in [9.17, 15) is 0 Å². The Morgan fingerprint density at radius 2 is 1.07 bits per heavy atom. The fraction of sp³-hybridized carbons (Fsp3) is 0.500. The van der Waals surface area contributed by atoms with E-state index in [1.54, 1.807) is 22.7 Å². The van der Waals surface area contributed by atoms with Gasteiger partial charge in [-0.2, -0.15) is 26.3 Å². The molecule has 3 nitrogen and oxygen atoms in total. The highest BCUT2D eigenvalue weighted by molar-refractivity contribution is 7.22. The van der Waals surface area contributed by atoms with Crippen molar-refractivity contribution in [2.24, 2.45) is 0 Å². The number of rotatable bonds is 5. The van der Waals surface area contributed by atoms with Gasteiger partial charge in [-0.1, -0.05) is 113 Å². The Kier molecular flexibility index (Phi) is 10.4. The number of methoxy groups -OCH3 is 2. The molecule has 1 atom stereocenters. The highest BCUT2D eigenvalue weighted by Crippen LogP contribution is 2.71. The maximum Gasteiger partial charge on any atom is 0.380 e. The quantitative estimate of drug-likeness (QED) is 0.127. The predicted octanol–water partition coefficient (Wildman–Crippen LogP) is 17.6. The van der Waals surface area contributed by atoms with E-state index in [0.29, 0.717) is 15.3 Å². The monoisotopic (exact) mass is 990 g/mol. The molecule has 362 valence electrons. The predicted molar refractivity (Wildman–Crippen MR) is 267 cm³/mol. The molecule has 12 heteroatoms. The SMILES string of the molecule is COc1cc2oc3c(c2cc1OC)C1=C(c2cc(-c4cc5c(s4)C(C)(C)CCCC5(C)C)sc2C3(c2ccc(C(C)(C)C)cc2)c2cc3c(s2)C(C)(C)CCCC3(C)C)C(F)(F)C(F)(F)C1(F)F. The number of alkyl halides is 6. The van der Waals surface area contributed by atoms with Gasteiger partial charge in [-0.25, -0.2) is 0 Å². The highest BCUT2D eigenvalue weighted by Gasteiger charge is 2.81. The zero-order valence-electron chi connectivity index (χ0n) is 41.2. The largest absolute Gasteiger partial charge is 0.493 e. The molecule has 0 radical (unpaired) electrons. The average molecular weight is 991 g/mol. The molecule has 6 aromatic rings. The first-order chi connectivity index (χ1) is 31.5. The van der Waals surface area contributed by atoms with Crippen LogP contribution in [0.25, 0.3) is 31.9 Å². The summed E-state index contributed by atoms with van der Waals surface area (Å²) in [6.45, 7) is 24.0. The first kappa shape index (κ1) is 47.7. The maximum atomic E-state index is 17.4. The number of halogens is 6. The van der Waals surface area contributed by atoms with Gasteiger partial charge in [-0.15, -0.1) is 34.0 Å². The van der Waals surface area contributed by atoms with E-state index in [0.717, 1.165) is 65.0 Å². The summed E-state index contributed by atoms with van der Waals surface area (Å²) in [5.74, 6) is -16.3. The number of hydrogen-bond acceptors (Lipinski definition) is 6. The van der Waals surface area contributed by atoms with Crippen molar-refractivity contribution in [3.05, 3.63) is 113 Å².